The summed E-state index contributed by atoms with van der Waals surface area (Å²) >= 11 is 0. The molecule has 90 valence electrons. The zero-order valence-electron chi connectivity index (χ0n) is 7.04. The van der Waals surface area contributed by atoms with E-state index in [9.17, 15) is 26.5 Å². The fourth-order valence-corrected chi connectivity index (χ4v) is 1.91. The van der Waals surface area contributed by atoms with Crippen molar-refractivity contribution >= 4 is 7.82 Å². The molecule has 1 aliphatic rings. The normalized spacial score (nSPS) is 23.3. The predicted octanol–water partition coefficient (Wildman–Crippen LogP) is 2.35. The van der Waals surface area contributed by atoms with Crippen molar-refractivity contribution in [1.82, 2.24) is 0 Å². The van der Waals surface area contributed by atoms with Crippen LogP contribution in [0.1, 0.15) is 0 Å². The van der Waals surface area contributed by atoms with Gasteiger partial charge in [-0.15, -0.1) is 0 Å². The van der Waals surface area contributed by atoms with Crippen molar-refractivity contribution in [3.8, 4) is 0 Å². The van der Waals surface area contributed by atoms with Crippen molar-refractivity contribution in [2.24, 2.45) is 0 Å². The molecular formula is C5H6F5O4P. The van der Waals surface area contributed by atoms with Crippen molar-refractivity contribution in [2.75, 3.05) is 13.2 Å². The van der Waals surface area contributed by atoms with E-state index in [4.69, 9.17) is 0 Å². The maximum Gasteiger partial charge on any atom is 0.479 e. The van der Waals surface area contributed by atoms with Crippen LogP contribution >= 0.6 is 7.82 Å². The summed E-state index contributed by atoms with van der Waals surface area (Å²) in [5.74, 6) is 0. The summed E-state index contributed by atoms with van der Waals surface area (Å²) in [5, 5.41) is 0. The maximum absolute atomic E-state index is 12.6. The molecule has 0 aliphatic carbocycles. The number of halogens is 5. The molecule has 1 atom stereocenters. The highest BCUT2D eigenvalue weighted by molar-refractivity contribution is 7.48. The van der Waals surface area contributed by atoms with E-state index in [0.717, 1.165) is 0 Å². The van der Waals surface area contributed by atoms with E-state index in [-0.39, 0.29) is 13.2 Å². The summed E-state index contributed by atoms with van der Waals surface area (Å²) in [6.45, 7) is -0.585. The van der Waals surface area contributed by atoms with E-state index in [1.54, 1.807) is 0 Å². The topological polar surface area (TPSA) is 44.8 Å². The fraction of sp³-hybridized carbons (Fsp3) is 1.00. The molecule has 1 aliphatic heterocycles. The fourth-order valence-electron chi connectivity index (χ4n) is 0.734. The Morgan fingerprint density at radius 3 is 2.07 bits per heavy atom. The van der Waals surface area contributed by atoms with Gasteiger partial charge >= 0.3 is 13.9 Å². The lowest BCUT2D eigenvalue weighted by Crippen LogP contribution is -2.37. The Bertz CT molecular complexity index is 262. The van der Waals surface area contributed by atoms with Crippen LogP contribution in [0.15, 0.2) is 0 Å². The number of hydrogen-bond acceptors (Lipinski definition) is 4. The Balaban J connectivity index is 2.66. The Kier molecular flexibility index (Phi) is 3.70. The largest absolute Gasteiger partial charge is 0.479 e. The highest BCUT2D eigenvalue weighted by Gasteiger charge is 2.54. The van der Waals surface area contributed by atoms with Crippen molar-refractivity contribution in [3.05, 3.63) is 0 Å². The third-order valence-corrected chi connectivity index (χ3v) is 2.82. The molecule has 0 saturated carbocycles. The number of phosphoric acid groups is 1. The number of alkyl halides is 5. The van der Waals surface area contributed by atoms with E-state index in [1.165, 1.54) is 0 Å². The van der Waals surface area contributed by atoms with E-state index in [0.29, 0.717) is 0 Å². The molecule has 1 rings (SSSR count). The van der Waals surface area contributed by atoms with Gasteiger partial charge in [-0.2, -0.15) is 8.78 Å². The summed E-state index contributed by atoms with van der Waals surface area (Å²) in [6.07, 6.45) is -12.8. The summed E-state index contributed by atoms with van der Waals surface area (Å²) < 4.78 is 83.2. The quantitative estimate of drug-likeness (QED) is 0.572. The number of rotatable bonds is 4. The van der Waals surface area contributed by atoms with E-state index in [1.807, 2.05) is 0 Å². The lowest BCUT2D eigenvalue weighted by atomic mass is 10.4. The molecule has 15 heavy (non-hydrogen) atoms. The van der Waals surface area contributed by atoms with Gasteiger partial charge in [-0.25, -0.2) is 22.3 Å². The molecule has 4 nitrogen and oxygen atoms in total. The summed E-state index contributed by atoms with van der Waals surface area (Å²) in [5.41, 5.74) is 0. The molecule has 0 aromatic rings. The first kappa shape index (κ1) is 12.8. The van der Waals surface area contributed by atoms with Gasteiger partial charge in [0.1, 0.15) is 0 Å². The minimum atomic E-state index is -4.92. The second-order valence-electron chi connectivity index (χ2n) is 2.50. The lowest BCUT2D eigenvalue weighted by molar-refractivity contribution is -0.251. The Morgan fingerprint density at radius 2 is 1.67 bits per heavy atom. The first-order chi connectivity index (χ1) is 6.77. The van der Waals surface area contributed by atoms with Gasteiger partial charge in [-0.3, -0.25) is 9.05 Å². The summed E-state index contributed by atoms with van der Waals surface area (Å²) in [4.78, 5) is 0. The molecule has 0 radical (unpaired) electrons. The molecule has 0 amide bonds. The molecule has 0 aromatic heterocycles. The molecule has 1 saturated heterocycles. The zero-order valence-corrected chi connectivity index (χ0v) is 7.93. The van der Waals surface area contributed by atoms with Crippen LogP contribution in [0.5, 0.6) is 0 Å². The van der Waals surface area contributed by atoms with Crippen LogP contribution in [0.2, 0.25) is 0 Å². The van der Waals surface area contributed by atoms with Crippen LogP contribution in [-0.2, 0) is 18.1 Å². The molecule has 0 aromatic carbocycles. The van der Waals surface area contributed by atoms with Gasteiger partial charge in [0.2, 0.25) is 0 Å². The van der Waals surface area contributed by atoms with E-state index >= 15 is 0 Å². The summed E-state index contributed by atoms with van der Waals surface area (Å²) in [7, 11) is -4.61. The highest BCUT2D eigenvalue weighted by atomic mass is 31.2. The number of hydrogen-bond donors (Lipinski definition) is 0. The van der Waals surface area contributed by atoms with E-state index in [2.05, 4.69) is 13.6 Å². The second kappa shape index (κ2) is 4.32. The molecule has 1 heterocycles. The minimum absolute atomic E-state index is 0.293. The Hall–Kier alpha value is -0.240. The minimum Gasteiger partial charge on any atom is -0.284 e. The maximum atomic E-state index is 12.6. The van der Waals surface area contributed by atoms with Gasteiger partial charge in [0.25, 0.3) is 12.6 Å². The third-order valence-electron chi connectivity index (χ3n) is 1.36. The van der Waals surface area contributed by atoms with Crippen LogP contribution in [0.3, 0.4) is 0 Å². The molecule has 1 fully saturated rings. The molecule has 1 unspecified atom stereocenters. The van der Waals surface area contributed by atoms with Gasteiger partial charge in [0, 0.05) is 0 Å². The van der Waals surface area contributed by atoms with Gasteiger partial charge in [0.15, 0.2) is 0 Å². The van der Waals surface area contributed by atoms with Crippen LogP contribution in [-0.4, -0.2) is 31.9 Å². The SMILES string of the molecule is O=P1(OC(F)(F)C(F)C(F)F)OCCO1. The molecule has 10 heteroatoms. The molecule has 0 N–H and O–H groups in total. The monoisotopic (exact) mass is 256 g/mol. The van der Waals surface area contributed by atoms with Gasteiger partial charge in [0.05, 0.1) is 13.2 Å². The van der Waals surface area contributed by atoms with Crippen molar-refractivity contribution in [3.63, 3.8) is 0 Å². The van der Waals surface area contributed by atoms with Crippen LogP contribution in [0, 0.1) is 0 Å². The Morgan fingerprint density at radius 1 is 1.20 bits per heavy atom. The van der Waals surface area contributed by atoms with Gasteiger partial charge < -0.3 is 0 Å². The van der Waals surface area contributed by atoms with Crippen LogP contribution < -0.4 is 0 Å². The smallest absolute Gasteiger partial charge is 0.284 e. The Labute approximate surface area is 80.9 Å². The average Bonchev–Trinajstić information content (AvgIpc) is 2.49. The standard InChI is InChI=1S/C5H6F5O4P/c6-3(4(7)8)5(9,10)14-15(11)12-1-2-13-15/h3-4H,1-2H2. The van der Waals surface area contributed by atoms with Crippen molar-refractivity contribution < 1.29 is 40.1 Å². The van der Waals surface area contributed by atoms with Gasteiger partial charge in [-0.1, -0.05) is 0 Å². The first-order valence-corrected chi connectivity index (χ1v) is 5.13. The van der Waals surface area contributed by atoms with Crippen LogP contribution in [0.4, 0.5) is 22.0 Å². The average molecular weight is 256 g/mol. The molecular weight excluding hydrogens is 250 g/mol. The molecule has 0 bridgehead atoms. The lowest BCUT2D eigenvalue weighted by Gasteiger charge is -2.21. The van der Waals surface area contributed by atoms with E-state index < -0.39 is 26.5 Å². The predicted molar refractivity (Wildman–Crippen MR) is 36.4 cm³/mol. The summed E-state index contributed by atoms with van der Waals surface area (Å²) in [6, 6.07) is 0. The van der Waals surface area contributed by atoms with Crippen molar-refractivity contribution in [2.45, 2.75) is 18.7 Å². The highest BCUT2D eigenvalue weighted by Crippen LogP contribution is 2.57. The zero-order chi connectivity index (χ0) is 11.7. The molecule has 0 spiro atoms. The van der Waals surface area contributed by atoms with Crippen molar-refractivity contribution in [1.29, 1.82) is 0 Å². The second-order valence-corrected chi connectivity index (χ2v) is 4.10. The third kappa shape index (κ3) is 3.10. The first-order valence-electron chi connectivity index (χ1n) is 3.67. The van der Waals surface area contributed by atoms with Gasteiger partial charge in [-0.05, 0) is 0 Å². The number of phosphoric ester groups is 1. The van der Waals surface area contributed by atoms with Crippen LogP contribution in [0.25, 0.3) is 0 Å².